The SMILES string of the molecule is Cc1nc(C2CC2)ncc1C(=O)N1CCc2ccccc2C1. The lowest BCUT2D eigenvalue weighted by atomic mass is 9.99. The van der Waals surface area contributed by atoms with Crippen LogP contribution in [-0.2, 0) is 13.0 Å². The first-order chi connectivity index (χ1) is 10.7. The number of rotatable bonds is 2. The van der Waals surface area contributed by atoms with Crippen LogP contribution in [-0.4, -0.2) is 27.3 Å². The topological polar surface area (TPSA) is 46.1 Å². The summed E-state index contributed by atoms with van der Waals surface area (Å²) in [5.41, 5.74) is 4.04. The van der Waals surface area contributed by atoms with Gasteiger partial charge in [0, 0.05) is 25.2 Å². The monoisotopic (exact) mass is 293 g/mol. The van der Waals surface area contributed by atoms with Crippen LogP contribution in [0.3, 0.4) is 0 Å². The predicted octanol–water partition coefficient (Wildman–Crippen LogP) is 2.86. The summed E-state index contributed by atoms with van der Waals surface area (Å²) in [6.07, 6.45) is 4.99. The Morgan fingerprint density at radius 3 is 2.73 bits per heavy atom. The standard InChI is InChI=1S/C18H19N3O/c1-12-16(10-19-17(20-12)14-6-7-14)18(22)21-9-8-13-4-2-3-5-15(13)11-21/h2-5,10,14H,6-9,11H2,1H3. The van der Waals surface area contributed by atoms with Gasteiger partial charge >= 0.3 is 0 Å². The minimum Gasteiger partial charge on any atom is -0.334 e. The summed E-state index contributed by atoms with van der Waals surface area (Å²) < 4.78 is 0. The molecule has 112 valence electrons. The Hall–Kier alpha value is -2.23. The molecule has 1 fully saturated rings. The highest BCUT2D eigenvalue weighted by molar-refractivity contribution is 5.95. The van der Waals surface area contributed by atoms with Crippen molar-refractivity contribution in [1.82, 2.24) is 14.9 Å². The zero-order valence-corrected chi connectivity index (χ0v) is 12.7. The van der Waals surface area contributed by atoms with Crippen LogP contribution in [0.25, 0.3) is 0 Å². The molecular formula is C18H19N3O. The van der Waals surface area contributed by atoms with E-state index in [1.54, 1.807) is 6.20 Å². The summed E-state index contributed by atoms with van der Waals surface area (Å²) in [4.78, 5) is 23.6. The fraction of sp³-hybridized carbons (Fsp3) is 0.389. The third-order valence-corrected chi connectivity index (χ3v) is 4.59. The van der Waals surface area contributed by atoms with E-state index in [1.165, 1.54) is 24.0 Å². The van der Waals surface area contributed by atoms with Crippen LogP contribution in [0.5, 0.6) is 0 Å². The van der Waals surface area contributed by atoms with Crippen molar-refractivity contribution >= 4 is 5.91 Å². The third kappa shape index (κ3) is 2.39. The number of benzene rings is 1. The minimum absolute atomic E-state index is 0.0503. The van der Waals surface area contributed by atoms with Crippen molar-refractivity contribution in [2.75, 3.05) is 6.54 Å². The first kappa shape index (κ1) is 13.4. The van der Waals surface area contributed by atoms with Crippen LogP contribution in [0.4, 0.5) is 0 Å². The molecule has 0 atom stereocenters. The molecule has 1 saturated carbocycles. The fourth-order valence-corrected chi connectivity index (χ4v) is 3.07. The number of aryl methyl sites for hydroxylation is 1. The first-order valence-corrected chi connectivity index (χ1v) is 7.92. The number of amides is 1. The van der Waals surface area contributed by atoms with Crippen LogP contribution >= 0.6 is 0 Å². The molecule has 2 aliphatic rings. The maximum atomic E-state index is 12.8. The van der Waals surface area contributed by atoms with E-state index < -0.39 is 0 Å². The minimum atomic E-state index is 0.0503. The van der Waals surface area contributed by atoms with Crippen molar-refractivity contribution in [3.63, 3.8) is 0 Å². The molecule has 0 radical (unpaired) electrons. The number of fused-ring (bicyclic) bond motifs is 1. The summed E-state index contributed by atoms with van der Waals surface area (Å²) in [5, 5.41) is 0. The van der Waals surface area contributed by atoms with E-state index >= 15 is 0 Å². The van der Waals surface area contributed by atoms with Crippen LogP contribution in [0, 0.1) is 6.92 Å². The lowest BCUT2D eigenvalue weighted by Crippen LogP contribution is -2.36. The van der Waals surface area contributed by atoms with Crippen molar-refractivity contribution in [2.24, 2.45) is 0 Å². The van der Waals surface area contributed by atoms with Gasteiger partial charge < -0.3 is 4.90 Å². The number of aromatic nitrogens is 2. The summed E-state index contributed by atoms with van der Waals surface area (Å²) >= 11 is 0. The van der Waals surface area contributed by atoms with Gasteiger partial charge in [0.15, 0.2) is 0 Å². The smallest absolute Gasteiger partial charge is 0.257 e. The van der Waals surface area contributed by atoms with Gasteiger partial charge in [-0.25, -0.2) is 9.97 Å². The number of hydrogen-bond donors (Lipinski definition) is 0. The van der Waals surface area contributed by atoms with Crippen molar-refractivity contribution < 1.29 is 4.79 Å². The van der Waals surface area contributed by atoms with E-state index in [0.29, 0.717) is 18.0 Å². The molecule has 0 bridgehead atoms. The molecule has 0 saturated heterocycles. The highest BCUT2D eigenvalue weighted by Gasteiger charge is 2.28. The van der Waals surface area contributed by atoms with Gasteiger partial charge in [0.05, 0.1) is 11.3 Å². The lowest BCUT2D eigenvalue weighted by Gasteiger charge is -2.29. The van der Waals surface area contributed by atoms with Gasteiger partial charge in [-0.15, -0.1) is 0 Å². The number of carbonyl (C=O) groups is 1. The van der Waals surface area contributed by atoms with Gasteiger partial charge in [0.25, 0.3) is 5.91 Å². The van der Waals surface area contributed by atoms with Gasteiger partial charge in [-0.1, -0.05) is 24.3 Å². The van der Waals surface area contributed by atoms with Crippen molar-refractivity contribution in [2.45, 2.75) is 38.6 Å². The molecule has 1 aliphatic heterocycles. The van der Waals surface area contributed by atoms with E-state index in [2.05, 4.69) is 28.2 Å². The highest BCUT2D eigenvalue weighted by Crippen LogP contribution is 2.38. The van der Waals surface area contributed by atoms with Crippen LogP contribution in [0.1, 0.15) is 51.8 Å². The van der Waals surface area contributed by atoms with Gasteiger partial charge in [-0.3, -0.25) is 4.79 Å². The molecule has 4 heteroatoms. The molecule has 4 rings (SSSR count). The molecule has 0 N–H and O–H groups in total. The lowest BCUT2D eigenvalue weighted by molar-refractivity contribution is 0.0733. The Balaban J connectivity index is 1.57. The Morgan fingerprint density at radius 1 is 1.23 bits per heavy atom. The second-order valence-electron chi connectivity index (χ2n) is 6.25. The summed E-state index contributed by atoms with van der Waals surface area (Å²) in [6, 6.07) is 8.35. The predicted molar refractivity (Wildman–Crippen MR) is 83.6 cm³/mol. The van der Waals surface area contributed by atoms with E-state index in [4.69, 9.17) is 0 Å². The highest BCUT2D eigenvalue weighted by atomic mass is 16.2. The summed E-state index contributed by atoms with van der Waals surface area (Å²) in [7, 11) is 0. The molecular weight excluding hydrogens is 274 g/mol. The molecule has 1 aromatic heterocycles. The average Bonchev–Trinajstić information content (AvgIpc) is 3.38. The second-order valence-corrected chi connectivity index (χ2v) is 6.25. The maximum absolute atomic E-state index is 12.8. The van der Waals surface area contributed by atoms with Crippen molar-refractivity contribution in [1.29, 1.82) is 0 Å². The summed E-state index contributed by atoms with van der Waals surface area (Å²) in [5.74, 6) is 1.47. The van der Waals surface area contributed by atoms with Crippen LogP contribution in [0.2, 0.25) is 0 Å². The molecule has 0 unspecified atom stereocenters. The van der Waals surface area contributed by atoms with Gasteiger partial charge in [-0.05, 0) is 37.3 Å². The van der Waals surface area contributed by atoms with Gasteiger partial charge in [0.2, 0.25) is 0 Å². The maximum Gasteiger partial charge on any atom is 0.257 e. The molecule has 4 nitrogen and oxygen atoms in total. The second kappa shape index (κ2) is 5.20. The Labute approximate surface area is 130 Å². The normalized spacial score (nSPS) is 17.2. The molecule has 2 aromatic rings. The quantitative estimate of drug-likeness (QED) is 0.855. The average molecular weight is 293 g/mol. The molecule has 22 heavy (non-hydrogen) atoms. The Bertz CT molecular complexity index is 737. The number of carbonyl (C=O) groups excluding carboxylic acids is 1. The zero-order valence-electron chi connectivity index (χ0n) is 12.7. The van der Waals surface area contributed by atoms with E-state index in [9.17, 15) is 4.79 Å². The first-order valence-electron chi connectivity index (χ1n) is 7.92. The molecule has 2 heterocycles. The van der Waals surface area contributed by atoms with E-state index in [0.717, 1.165) is 24.5 Å². The number of nitrogens with zero attached hydrogens (tertiary/aromatic N) is 3. The Kier molecular flexibility index (Phi) is 3.17. The zero-order chi connectivity index (χ0) is 15.1. The third-order valence-electron chi connectivity index (χ3n) is 4.59. The molecule has 0 spiro atoms. The fourth-order valence-electron chi connectivity index (χ4n) is 3.07. The van der Waals surface area contributed by atoms with Gasteiger partial charge in [0.1, 0.15) is 5.82 Å². The molecule has 1 aromatic carbocycles. The van der Waals surface area contributed by atoms with Crippen molar-refractivity contribution in [3.8, 4) is 0 Å². The van der Waals surface area contributed by atoms with E-state index in [-0.39, 0.29) is 5.91 Å². The number of hydrogen-bond acceptors (Lipinski definition) is 3. The van der Waals surface area contributed by atoms with Crippen molar-refractivity contribution in [3.05, 3.63) is 58.7 Å². The van der Waals surface area contributed by atoms with Crippen LogP contribution in [0.15, 0.2) is 30.5 Å². The molecule has 1 amide bonds. The molecule has 1 aliphatic carbocycles. The van der Waals surface area contributed by atoms with E-state index in [1.807, 2.05) is 17.9 Å². The van der Waals surface area contributed by atoms with Gasteiger partial charge in [-0.2, -0.15) is 0 Å². The summed E-state index contributed by atoms with van der Waals surface area (Å²) in [6.45, 7) is 3.36. The largest absolute Gasteiger partial charge is 0.334 e. The Morgan fingerprint density at radius 2 is 2.00 bits per heavy atom. The van der Waals surface area contributed by atoms with Crippen LogP contribution < -0.4 is 0 Å².